The number of fused-ring (bicyclic) bond motifs is 1. The maximum absolute atomic E-state index is 7.63. The molecule has 2 aromatic rings. The Morgan fingerprint density at radius 1 is 1.10 bits per heavy atom. The quantitative estimate of drug-likeness (QED) is 0.539. The number of hydrogen-bond acceptors (Lipinski definition) is 1. The van der Waals surface area contributed by atoms with Gasteiger partial charge in [-0.15, -0.1) is 0 Å². The molecular formula is C9H7N. The van der Waals surface area contributed by atoms with Crippen LogP contribution in [0.1, 0.15) is 8.22 Å². The van der Waals surface area contributed by atoms with Crippen LogP contribution in [-0.2, 0) is 0 Å². The lowest BCUT2D eigenvalue weighted by Crippen LogP contribution is -1.73. The maximum atomic E-state index is 7.63. The number of para-hydroxylation sites is 1. The molecule has 1 aromatic carbocycles. The monoisotopic (exact) mass is 135 g/mol. The van der Waals surface area contributed by atoms with E-state index in [1.807, 2.05) is 0 Å². The van der Waals surface area contributed by atoms with Crippen LogP contribution in [0.4, 0.5) is 0 Å². The first-order valence-corrected chi connectivity index (χ1v) is 2.77. The van der Waals surface area contributed by atoms with Crippen molar-refractivity contribution in [2.75, 3.05) is 0 Å². The third-order valence-corrected chi connectivity index (χ3v) is 1.12. The number of pyridine rings is 1. The molecule has 2 rings (SSSR count). The molecule has 10 heavy (non-hydrogen) atoms. The van der Waals surface area contributed by atoms with Crippen LogP contribution in [0.5, 0.6) is 0 Å². The van der Waals surface area contributed by atoms with Crippen molar-refractivity contribution in [1.29, 1.82) is 0 Å². The molecule has 1 heteroatoms. The van der Waals surface area contributed by atoms with Gasteiger partial charge in [-0.05, 0) is 12.1 Å². The van der Waals surface area contributed by atoms with E-state index in [4.69, 9.17) is 8.22 Å². The highest BCUT2D eigenvalue weighted by Gasteiger charge is 1.86. The fraction of sp³-hybridized carbons (Fsp3) is 0. The zero-order valence-electron chi connectivity index (χ0n) is 11.0. The summed E-state index contributed by atoms with van der Waals surface area (Å²) in [6.45, 7) is 0. The summed E-state index contributed by atoms with van der Waals surface area (Å²) < 4.78 is 45.1. The summed E-state index contributed by atoms with van der Waals surface area (Å²) in [5.41, 5.74) is 0.0343. The van der Waals surface area contributed by atoms with E-state index >= 15 is 0 Å². The van der Waals surface area contributed by atoms with E-state index in [0.717, 1.165) is 6.20 Å². The van der Waals surface area contributed by atoms with E-state index < -0.39 is 6.04 Å². The minimum absolute atomic E-state index is 0.00139. The first kappa shape index (κ1) is 2.06. The highest BCUT2D eigenvalue weighted by Crippen LogP contribution is 2.07. The fourth-order valence-corrected chi connectivity index (χ4v) is 0.694. The average molecular weight is 135 g/mol. The third kappa shape index (κ3) is 0.760. The van der Waals surface area contributed by atoms with Crippen molar-refractivity contribution < 1.29 is 8.22 Å². The van der Waals surface area contributed by atoms with Crippen LogP contribution >= 0.6 is 0 Å². The van der Waals surface area contributed by atoms with Crippen LogP contribution in [0, 0.1) is 0 Å². The van der Waals surface area contributed by atoms with Gasteiger partial charge in [-0.25, -0.2) is 0 Å². The fourth-order valence-electron chi connectivity index (χ4n) is 0.694. The molecule has 0 unspecified atom stereocenters. The number of aromatic nitrogens is 1. The van der Waals surface area contributed by atoms with Gasteiger partial charge in [-0.3, -0.25) is 4.98 Å². The smallest absolute Gasteiger partial charge is 0.0701 e. The molecule has 0 aliphatic carbocycles. The molecule has 48 valence electrons. The van der Waals surface area contributed by atoms with E-state index in [2.05, 4.69) is 4.98 Å². The second-order valence-corrected chi connectivity index (χ2v) is 1.75. The standard InChI is InChI=1S/C9H7N/c1-2-6-9-8(4-1)5-3-7-10-9/h1-7H/i1D,2D,3D,4D,5D,6D. The molecule has 0 saturated carbocycles. The van der Waals surface area contributed by atoms with Gasteiger partial charge in [0.15, 0.2) is 0 Å². The maximum Gasteiger partial charge on any atom is 0.0701 e. The number of hydrogen-bond donors (Lipinski definition) is 0. The van der Waals surface area contributed by atoms with Gasteiger partial charge < -0.3 is 0 Å². The van der Waals surface area contributed by atoms with Crippen molar-refractivity contribution in [3.63, 3.8) is 0 Å². The molecule has 0 saturated heterocycles. The zero-order chi connectivity index (χ0) is 12.0. The molecule has 0 spiro atoms. The van der Waals surface area contributed by atoms with E-state index in [1.165, 1.54) is 0 Å². The van der Waals surface area contributed by atoms with Crippen molar-refractivity contribution in [1.82, 2.24) is 4.98 Å². The first-order valence-electron chi connectivity index (χ1n) is 5.77. The Bertz CT molecular complexity index is 595. The summed E-state index contributed by atoms with van der Waals surface area (Å²) in [6, 6.07) is -1.75. The van der Waals surface area contributed by atoms with Gasteiger partial charge in [-0.2, -0.15) is 0 Å². The van der Waals surface area contributed by atoms with Crippen molar-refractivity contribution in [3.8, 4) is 0 Å². The summed E-state index contributed by atoms with van der Waals surface area (Å²) in [5, 5.41) is -0.00139. The van der Waals surface area contributed by atoms with Gasteiger partial charge in [-0.1, -0.05) is 24.2 Å². The highest BCUT2D eigenvalue weighted by molar-refractivity contribution is 5.77. The van der Waals surface area contributed by atoms with Crippen molar-refractivity contribution in [2.45, 2.75) is 0 Å². The predicted molar refractivity (Wildman–Crippen MR) is 41.7 cm³/mol. The molecular weight excluding hydrogens is 122 g/mol. The Hall–Kier alpha value is -1.37. The first-order chi connectivity index (χ1) is 7.45. The molecule has 0 aliphatic heterocycles. The molecule has 0 atom stereocenters. The molecule has 1 heterocycles. The van der Waals surface area contributed by atoms with E-state index in [0.29, 0.717) is 0 Å². The molecule has 0 fully saturated rings. The molecule has 0 amide bonds. The summed E-state index contributed by atoms with van der Waals surface area (Å²) >= 11 is 0. The Labute approximate surface area is 67.8 Å². The summed E-state index contributed by atoms with van der Waals surface area (Å²) in [6.07, 6.45) is 1.12. The second kappa shape index (κ2) is 2.10. The average Bonchev–Trinajstić information content (AvgIpc) is 2.27. The van der Waals surface area contributed by atoms with Crippen molar-refractivity contribution in [2.24, 2.45) is 0 Å². The van der Waals surface area contributed by atoms with Crippen LogP contribution in [0.15, 0.2) is 42.5 Å². The van der Waals surface area contributed by atoms with E-state index in [9.17, 15) is 0 Å². The lowest BCUT2D eigenvalue weighted by atomic mass is 10.2. The summed E-state index contributed by atoms with van der Waals surface area (Å²) in [4.78, 5) is 3.79. The SMILES string of the molecule is [2H]c1cnc2c([2H])c([2H])c([2H])c([2H])c2c1[2H]. The predicted octanol–water partition coefficient (Wildman–Crippen LogP) is 2.23. The molecule has 0 N–H and O–H groups in total. The zero-order valence-corrected chi connectivity index (χ0v) is 5.02. The molecule has 0 aliphatic rings. The van der Waals surface area contributed by atoms with Crippen LogP contribution in [0.2, 0.25) is 0 Å². The molecule has 0 bridgehead atoms. The largest absolute Gasteiger partial charge is 0.256 e. The highest BCUT2D eigenvalue weighted by atomic mass is 14.6. The van der Waals surface area contributed by atoms with E-state index in [-0.39, 0.29) is 41.1 Å². The molecule has 0 radical (unpaired) electrons. The normalized spacial score (nSPS) is 18.4. The number of nitrogens with zero attached hydrogens (tertiary/aromatic N) is 1. The third-order valence-electron chi connectivity index (χ3n) is 1.12. The van der Waals surface area contributed by atoms with Crippen molar-refractivity contribution in [3.05, 3.63) is 42.5 Å². The van der Waals surface area contributed by atoms with Crippen LogP contribution < -0.4 is 0 Å². The van der Waals surface area contributed by atoms with Gasteiger partial charge >= 0.3 is 0 Å². The summed E-state index contributed by atoms with van der Waals surface area (Å²) in [7, 11) is 0. The lowest BCUT2D eigenvalue weighted by molar-refractivity contribution is 1.41. The Morgan fingerprint density at radius 3 is 2.90 bits per heavy atom. The number of rotatable bonds is 0. The van der Waals surface area contributed by atoms with Crippen LogP contribution in [0.25, 0.3) is 10.9 Å². The van der Waals surface area contributed by atoms with Gasteiger partial charge in [0, 0.05) is 11.6 Å². The van der Waals surface area contributed by atoms with Gasteiger partial charge in [0.1, 0.15) is 0 Å². The van der Waals surface area contributed by atoms with Crippen LogP contribution in [0.3, 0.4) is 0 Å². The molecule has 1 nitrogen and oxygen atoms in total. The molecule has 1 aromatic heterocycles. The van der Waals surface area contributed by atoms with Gasteiger partial charge in [0.25, 0.3) is 0 Å². The van der Waals surface area contributed by atoms with E-state index in [1.54, 1.807) is 0 Å². The summed E-state index contributed by atoms with van der Waals surface area (Å²) in [5.74, 6) is 0. The number of benzene rings is 1. The topological polar surface area (TPSA) is 12.9 Å². The Morgan fingerprint density at radius 2 is 1.90 bits per heavy atom. The van der Waals surface area contributed by atoms with Gasteiger partial charge in [0.05, 0.1) is 13.7 Å². The minimum Gasteiger partial charge on any atom is -0.256 e. The van der Waals surface area contributed by atoms with Crippen molar-refractivity contribution >= 4 is 10.9 Å². The van der Waals surface area contributed by atoms with Gasteiger partial charge in [0.2, 0.25) is 0 Å². The Kier molecular flexibility index (Phi) is 0.432. The minimum atomic E-state index is -0.404. The second-order valence-electron chi connectivity index (χ2n) is 1.75. The lowest BCUT2D eigenvalue weighted by Gasteiger charge is -1.91. The Balaban J connectivity index is 3.09. The van der Waals surface area contributed by atoms with Crippen LogP contribution in [-0.4, -0.2) is 4.98 Å².